The molecule has 3 N–H and O–H groups in total. The standard InChI is InChI=1S/C14H16N2.C4H4O4/c1-2-4-13-7-11(5-6-12(13)3-1)8-14-9-15-10-16-14;5-3(6)1-2-4(7)8/h1-4,7,10,14H,5-6,8-9H2,(H,15,16);1-2H,(H,5,6)(H,7,8)/b;2-1+/t14-;/m0./s1. The van der Waals surface area contributed by atoms with E-state index in [4.69, 9.17) is 10.2 Å². The lowest BCUT2D eigenvalue weighted by atomic mass is 9.89. The van der Waals surface area contributed by atoms with E-state index >= 15 is 0 Å². The first-order valence-electron chi connectivity index (χ1n) is 7.71. The number of fused-ring (bicyclic) bond motifs is 1. The Hall–Kier alpha value is -2.89. The van der Waals surface area contributed by atoms with E-state index < -0.39 is 11.9 Å². The first-order chi connectivity index (χ1) is 11.5. The van der Waals surface area contributed by atoms with Gasteiger partial charge in [0, 0.05) is 18.7 Å². The first kappa shape index (κ1) is 17.5. The van der Waals surface area contributed by atoms with Gasteiger partial charge in [-0.1, -0.05) is 35.9 Å². The van der Waals surface area contributed by atoms with Crippen molar-refractivity contribution in [2.45, 2.75) is 25.3 Å². The van der Waals surface area contributed by atoms with Crippen LogP contribution in [0.2, 0.25) is 0 Å². The van der Waals surface area contributed by atoms with Crippen LogP contribution >= 0.6 is 0 Å². The fraction of sp³-hybridized carbons (Fsp3) is 0.278. The number of aliphatic carboxylic acids is 2. The van der Waals surface area contributed by atoms with Gasteiger partial charge in [0.25, 0.3) is 0 Å². The van der Waals surface area contributed by atoms with Crippen molar-refractivity contribution in [2.24, 2.45) is 4.99 Å². The topological polar surface area (TPSA) is 99.0 Å². The lowest BCUT2D eigenvalue weighted by molar-refractivity contribution is -0.134. The van der Waals surface area contributed by atoms with E-state index in [9.17, 15) is 9.59 Å². The largest absolute Gasteiger partial charge is 0.478 e. The van der Waals surface area contributed by atoms with Gasteiger partial charge in [-0.3, -0.25) is 4.99 Å². The van der Waals surface area contributed by atoms with Crippen molar-refractivity contribution >= 4 is 24.4 Å². The van der Waals surface area contributed by atoms with Crippen LogP contribution in [-0.4, -0.2) is 41.1 Å². The number of benzene rings is 1. The van der Waals surface area contributed by atoms with E-state index in [1.165, 1.54) is 24.0 Å². The van der Waals surface area contributed by atoms with Crippen LogP contribution in [0.1, 0.15) is 24.0 Å². The molecule has 6 heteroatoms. The molecule has 0 fully saturated rings. The summed E-state index contributed by atoms with van der Waals surface area (Å²) in [5.74, 6) is -2.51. The van der Waals surface area contributed by atoms with Crippen molar-refractivity contribution in [1.82, 2.24) is 5.32 Å². The average molecular weight is 328 g/mol. The molecule has 1 aliphatic carbocycles. The fourth-order valence-electron chi connectivity index (χ4n) is 2.62. The molecular formula is C18H20N2O4. The van der Waals surface area contributed by atoms with Crippen LogP contribution in [0.5, 0.6) is 0 Å². The van der Waals surface area contributed by atoms with Gasteiger partial charge < -0.3 is 15.5 Å². The maximum Gasteiger partial charge on any atom is 0.328 e. The van der Waals surface area contributed by atoms with E-state index in [0.29, 0.717) is 18.2 Å². The minimum Gasteiger partial charge on any atom is -0.478 e. The molecule has 1 aromatic rings. The number of carbonyl (C=O) groups is 2. The van der Waals surface area contributed by atoms with Gasteiger partial charge in [0.1, 0.15) is 0 Å². The molecule has 0 aromatic heterocycles. The second-order valence-corrected chi connectivity index (χ2v) is 5.56. The van der Waals surface area contributed by atoms with Crippen molar-refractivity contribution in [3.63, 3.8) is 0 Å². The van der Waals surface area contributed by atoms with Crippen LogP contribution in [-0.2, 0) is 16.0 Å². The highest BCUT2D eigenvalue weighted by molar-refractivity contribution is 5.89. The van der Waals surface area contributed by atoms with Crippen molar-refractivity contribution in [3.8, 4) is 0 Å². The summed E-state index contributed by atoms with van der Waals surface area (Å²) in [5, 5.41) is 18.8. The molecule has 0 unspecified atom stereocenters. The first-order valence-corrected chi connectivity index (χ1v) is 7.71. The Kier molecular flexibility index (Phi) is 6.31. The minimum atomic E-state index is -1.26. The molecule has 0 saturated carbocycles. The van der Waals surface area contributed by atoms with E-state index in [0.717, 1.165) is 13.0 Å². The predicted octanol–water partition coefficient (Wildman–Crippen LogP) is 2.12. The van der Waals surface area contributed by atoms with Crippen LogP contribution in [0.15, 0.2) is 47.0 Å². The number of nitrogens with zero attached hydrogens (tertiary/aromatic N) is 1. The molecule has 24 heavy (non-hydrogen) atoms. The molecule has 0 saturated heterocycles. The zero-order valence-electron chi connectivity index (χ0n) is 13.2. The maximum absolute atomic E-state index is 9.55. The van der Waals surface area contributed by atoms with Crippen LogP contribution in [0.3, 0.4) is 0 Å². The van der Waals surface area contributed by atoms with Gasteiger partial charge in [-0.05, 0) is 30.4 Å². The molecule has 126 valence electrons. The summed E-state index contributed by atoms with van der Waals surface area (Å²) >= 11 is 0. The zero-order valence-corrected chi connectivity index (χ0v) is 13.2. The number of aryl methyl sites for hydroxylation is 1. The summed E-state index contributed by atoms with van der Waals surface area (Å²) < 4.78 is 0. The molecule has 1 aromatic carbocycles. The second-order valence-electron chi connectivity index (χ2n) is 5.56. The summed E-state index contributed by atoms with van der Waals surface area (Å²) in [6.45, 7) is 0.999. The Morgan fingerprint density at radius 2 is 1.88 bits per heavy atom. The van der Waals surface area contributed by atoms with Crippen LogP contribution in [0, 0.1) is 0 Å². The molecule has 0 bridgehead atoms. The third-order valence-electron chi connectivity index (χ3n) is 3.73. The number of rotatable bonds is 4. The molecule has 1 aliphatic heterocycles. The summed E-state index contributed by atoms with van der Waals surface area (Å²) in [6, 6.07) is 9.15. The van der Waals surface area contributed by atoms with Crippen LogP contribution < -0.4 is 5.32 Å². The summed E-state index contributed by atoms with van der Waals surface area (Å²) in [7, 11) is 0. The molecular weight excluding hydrogens is 308 g/mol. The molecule has 0 radical (unpaired) electrons. The number of carboxylic acid groups (broad SMARTS) is 2. The SMILES string of the molecule is C1=N[C@@H](CC2=Cc3ccccc3CC2)CN1.O=C(O)/C=C/C(=O)O. The molecule has 2 aliphatic rings. The number of nitrogens with one attached hydrogen (secondary N) is 1. The molecule has 3 rings (SSSR count). The molecule has 0 spiro atoms. The van der Waals surface area contributed by atoms with E-state index in [1.54, 1.807) is 5.57 Å². The monoisotopic (exact) mass is 328 g/mol. The Bertz CT molecular complexity index is 676. The molecule has 1 atom stereocenters. The summed E-state index contributed by atoms with van der Waals surface area (Å²) in [6.07, 6.45) is 8.80. The van der Waals surface area contributed by atoms with E-state index in [-0.39, 0.29) is 0 Å². The van der Waals surface area contributed by atoms with Gasteiger partial charge in [-0.25, -0.2) is 9.59 Å². The Labute approximate surface area is 140 Å². The quantitative estimate of drug-likeness (QED) is 0.735. The Morgan fingerprint density at radius 1 is 1.17 bits per heavy atom. The lowest BCUT2D eigenvalue weighted by Gasteiger charge is -2.17. The van der Waals surface area contributed by atoms with Gasteiger partial charge >= 0.3 is 11.9 Å². The van der Waals surface area contributed by atoms with E-state index in [1.807, 2.05) is 6.34 Å². The van der Waals surface area contributed by atoms with Gasteiger partial charge in [-0.2, -0.15) is 0 Å². The van der Waals surface area contributed by atoms with Gasteiger partial charge in [0.05, 0.1) is 12.4 Å². The second kappa shape index (κ2) is 8.67. The third-order valence-corrected chi connectivity index (χ3v) is 3.73. The van der Waals surface area contributed by atoms with Crippen LogP contribution in [0.25, 0.3) is 6.08 Å². The van der Waals surface area contributed by atoms with Crippen molar-refractivity contribution in [1.29, 1.82) is 0 Å². The van der Waals surface area contributed by atoms with Crippen LogP contribution in [0.4, 0.5) is 0 Å². The predicted molar refractivity (Wildman–Crippen MR) is 92.1 cm³/mol. The molecule has 0 amide bonds. The van der Waals surface area contributed by atoms with Gasteiger partial charge in [-0.15, -0.1) is 0 Å². The average Bonchev–Trinajstić information content (AvgIpc) is 3.06. The molecule has 1 heterocycles. The van der Waals surface area contributed by atoms with Crippen molar-refractivity contribution in [3.05, 3.63) is 53.1 Å². The summed E-state index contributed by atoms with van der Waals surface area (Å²) in [5.41, 5.74) is 4.43. The smallest absolute Gasteiger partial charge is 0.328 e. The number of carboxylic acids is 2. The highest BCUT2D eigenvalue weighted by Crippen LogP contribution is 2.26. The summed E-state index contributed by atoms with van der Waals surface area (Å²) in [4.78, 5) is 23.5. The minimum absolute atomic E-state index is 0.455. The Morgan fingerprint density at radius 3 is 2.50 bits per heavy atom. The molecule has 6 nitrogen and oxygen atoms in total. The fourth-order valence-corrected chi connectivity index (χ4v) is 2.62. The lowest BCUT2D eigenvalue weighted by Crippen LogP contribution is -2.16. The van der Waals surface area contributed by atoms with Gasteiger partial charge in [0.2, 0.25) is 0 Å². The Balaban J connectivity index is 0.000000224. The number of aliphatic imine (C=N–C) groups is 1. The normalized spacial score (nSPS) is 18.2. The number of hydrogen-bond donors (Lipinski definition) is 3. The van der Waals surface area contributed by atoms with Crippen molar-refractivity contribution < 1.29 is 19.8 Å². The number of hydrogen-bond acceptors (Lipinski definition) is 4. The zero-order chi connectivity index (χ0) is 17.4. The van der Waals surface area contributed by atoms with E-state index in [2.05, 4.69) is 40.7 Å². The van der Waals surface area contributed by atoms with Gasteiger partial charge in [0.15, 0.2) is 0 Å². The highest BCUT2D eigenvalue weighted by Gasteiger charge is 2.15. The highest BCUT2D eigenvalue weighted by atomic mass is 16.4. The maximum atomic E-state index is 9.55. The van der Waals surface area contributed by atoms with Crippen molar-refractivity contribution in [2.75, 3.05) is 6.54 Å². The third kappa shape index (κ3) is 5.72.